The van der Waals surface area contributed by atoms with Crippen molar-refractivity contribution in [2.75, 3.05) is 0 Å². The molecule has 0 radical (unpaired) electrons. The van der Waals surface area contributed by atoms with E-state index >= 15 is 0 Å². The predicted octanol–water partition coefficient (Wildman–Crippen LogP) is 11.9. The number of halogens is 2. The van der Waals surface area contributed by atoms with Crippen LogP contribution in [0.25, 0.3) is 0 Å². The average molecular weight is 765 g/mol. The Morgan fingerprint density at radius 1 is 0.421 bits per heavy atom. The van der Waals surface area contributed by atoms with Crippen LogP contribution in [0.4, 0.5) is 0 Å². The van der Waals surface area contributed by atoms with Crippen molar-refractivity contribution in [2.24, 2.45) is 0 Å². The highest BCUT2D eigenvalue weighted by Crippen LogP contribution is 2.16. The molecule has 0 bridgehead atoms. The first-order chi connectivity index (χ1) is 18.4. The molecule has 2 N–H and O–H groups in total. The summed E-state index contributed by atoms with van der Waals surface area (Å²) < 4.78 is -0.388. The maximum Gasteiger partial charge on any atom is 0.316 e. The van der Waals surface area contributed by atoms with Crippen molar-refractivity contribution in [3.05, 3.63) is 0 Å². The summed E-state index contributed by atoms with van der Waals surface area (Å²) in [5, 5.41) is 17.5. The quantitative estimate of drug-likeness (QED) is 0.0473. The summed E-state index contributed by atoms with van der Waals surface area (Å²) in [6, 6.07) is 0. The Hall–Kier alpha value is 0.400. The van der Waals surface area contributed by atoms with Gasteiger partial charge in [0.2, 0.25) is 0 Å². The Bertz CT molecular complexity index is 458. The van der Waals surface area contributed by atoms with Gasteiger partial charge in [0.25, 0.3) is 0 Å². The molecule has 2 unspecified atom stereocenters. The zero-order chi connectivity index (χ0) is 28.7. The van der Waals surface area contributed by atoms with Crippen LogP contribution in [0.3, 0.4) is 0 Å². The maximum absolute atomic E-state index is 10.6. The number of carbonyl (C=O) groups is 2. The minimum Gasteiger partial charge on any atom is -0.480 e. The smallest absolute Gasteiger partial charge is 0.316 e. The molecule has 0 rings (SSSR count). The summed E-state index contributed by atoms with van der Waals surface area (Å²) in [6.45, 7) is 4.52. The molecule has 38 heavy (non-hydrogen) atoms. The predicted molar refractivity (Wildman–Crippen MR) is 182 cm³/mol. The van der Waals surface area contributed by atoms with E-state index in [1.54, 1.807) is 0 Å². The zero-order valence-electron chi connectivity index (χ0n) is 25.0. The first-order valence-electron chi connectivity index (χ1n) is 16.1. The largest absolute Gasteiger partial charge is 0.480 e. The molecular weight excluding hydrogens is 702 g/mol. The minimum atomic E-state index is -0.663. The number of rotatable bonds is 28. The van der Waals surface area contributed by atoms with Crippen LogP contribution >= 0.6 is 45.2 Å². The fourth-order valence-corrected chi connectivity index (χ4v) is 5.46. The number of aliphatic carboxylic acids is 2. The number of alkyl halides is 2. The minimum absolute atomic E-state index is 0.194. The van der Waals surface area contributed by atoms with Gasteiger partial charge in [-0.05, 0) is 12.8 Å². The topological polar surface area (TPSA) is 74.6 Å². The molecule has 2 atom stereocenters. The molecule has 0 aromatic carbocycles. The average Bonchev–Trinajstić information content (AvgIpc) is 2.89. The Kier molecular flexibility index (Phi) is 35.9. The number of carboxylic acids is 2. The standard InChI is InChI=1S/2C16H31IO2/c2*1-2-3-4-5-6-7-8-9-10-11-12-13-14-15(17)16(18)19/h2*15H,2-14H2,1H3,(H,18,19). The Balaban J connectivity index is 0. The van der Waals surface area contributed by atoms with Crippen molar-refractivity contribution < 1.29 is 19.8 Å². The van der Waals surface area contributed by atoms with Crippen LogP contribution in [0.5, 0.6) is 0 Å². The van der Waals surface area contributed by atoms with E-state index in [0.717, 1.165) is 25.7 Å². The third-order valence-corrected chi connectivity index (χ3v) is 9.47. The highest BCUT2D eigenvalue weighted by molar-refractivity contribution is 14.1. The lowest BCUT2D eigenvalue weighted by atomic mass is 10.0. The Morgan fingerprint density at radius 3 is 0.789 bits per heavy atom. The molecule has 0 saturated carbocycles. The first-order valence-corrected chi connectivity index (χ1v) is 18.6. The van der Waals surface area contributed by atoms with E-state index in [1.807, 2.05) is 45.2 Å². The van der Waals surface area contributed by atoms with Crippen molar-refractivity contribution in [2.45, 2.75) is 189 Å². The molecule has 228 valence electrons. The molecule has 0 aliphatic rings. The highest BCUT2D eigenvalue weighted by atomic mass is 127. The summed E-state index contributed by atoms with van der Waals surface area (Å²) in [6.07, 6.45) is 33.6. The SMILES string of the molecule is CCCCCCCCCCCCCCC(I)C(=O)O.CCCCCCCCCCCCCCC(I)C(=O)O. The van der Waals surface area contributed by atoms with Crippen LogP contribution in [0.2, 0.25) is 0 Å². The monoisotopic (exact) mass is 764 g/mol. The van der Waals surface area contributed by atoms with Gasteiger partial charge >= 0.3 is 11.9 Å². The van der Waals surface area contributed by atoms with E-state index < -0.39 is 11.9 Å². The van der Waals surface area contributed by atoms with Crippen LogP contribution in [0, 0.1) is 0 Å². The first kappa shape index (κ1) is 40.5. The Labute approximate surface area is 263 Å². The fourth-order valence-electron chi connectivity index (χ4n) is 4.58. The van der Waals surface area contributed by atoms with Gasteiger partial charge in [0, 0.05) is 0 Å². The van der Waals surface area contributed by atoms with E-state index in [0.29, 0.717) is 0 Å². The molecule has 0 heterocycles. The molecule has 0 amide bonds. The second-order valence-corrected chi connectivity index (χ2v) is 14.0. The van der Waals surface area contributed by atoms with E-state index in [9.17, 15) is 9.59 Å². The summed E-state index contributed by atoms with van der Waals surface area (Å²) in [5.41, 5.74) is 0. The molecule has 0 aliphatic heterocycles. The van der Waals surface area contributed by atoms with Crippen LogP contribution in [-0.2, 0) is 9.59 Å². The lowest BCUT2D eigenvalue weighted by Gasteiger charge is -2.04. The number of unbranched alkanes of at least 4 members (excludes halogenated alkanes) is 22. The van der Waals surface area contributed by atoms with Crippen LogP contribution in [0.1, 0.15) is 181 Å². The maximum atomic E-state index is 10.6. The third-order valence-electron chi connectivity index (χ3n) is 7.16. The summed E-state index contributed by atoms with van der Waals surface area (Å²) >= 11 is 4.05. The molecule has 0 spiro atoms. The molecule has 6 heteroatoms. The van der Waals surface area contributed by atoms with Crippen molar-refractivity contribution in [1.82, 2.24) is 0 Å². The summed E-state index contributed by atoms with van der Waals surface area (Å²) in [5.74, 6) is -1.33. The van der Waals surface area contributed by atoms with Gasteiger partial charge in [-0.1, -0.05) is 213 Å². The van der Waals surface area contributed by atoms with Crippen molar-refractivity contribution in [3.8, 4) is 0 Å². The lowest BCUT2D eigenvalue weighted by molar-refractivity contribution is -0.137. The zero-order valence-corrected chi connectivity index (χ0v) is 29.3. The molecule has 0 fully saturated rings. The molecule has 0 aliphatic carbocycles. The van der Waals surface area contributed by atoms with Gasteiger partial charge in [0.15, 0.2) is 0 Å². The van der Waals surface area contributed by atoms with E-state index in [-0.39, 0.29) is 7.85 Å². The fraction of sp³-hybridized carbons (Fsp3) is 0.938. The van der Waals surface area contributed by atoms with Crippen LogP contribution in [-0.4, -0.2) is 30.0 Å². The van der Waals surface area contributed by atoms with Crippen LogP contribution < -0.4 is 0 Å². The van der Waals surface area contributed by atoms with Crippen molar-refractivity contribution in [3.63, 3.8) is 0 Å². The summed E-state index contributed by atoms with van der Waals surface area (Å²) in [7, 11) is 0. The van der Waals surface area contributed by atoms with Gasteiger partial charge in [-0.25, -0.2) is 0 Å². The van der Waals surface area contributed by atoms with E-state index in [1.165, 1.54) is 141 Å². The number of hydrogen-bond donors (Lipinski definition) is 2. The van der Waals surface area contributed by atoms with Gasteiger partial charge in [-0.2, -0.15) is 0 Å². The molecule has 0 aromatic rings. The normalized spacial score (nSPS) is 12.5. The molecular formula is C32H62I2O4. The third kappa shape index (κ3) is 34.4. The van der Waals surface area contributed by atoms with E-state index in [2.05, 4.69) is 13.8 Å². The van der Waals surface area contributed by atoms with Gasteiger partial charge in [0.1, 0.15) is 7.85 Å². The molecule has 4 nitrogen and oxygen atoms in total. The van der Waals surface area contributed by atoms with Crippen LogP contribution in [0.15, 0.2) is 0 Å². The lowest BCUT2D eigenvalue weighted by Crippen LogP contribution is -2.11. The second kappa shape index (κ2) is 33.6. The molecule has 0 saturated heterocycles. The van der Waals surface area contributed by atoms with Gasteiger partial charge < -0.3 is 10.2 Å². The highest BCUT2D eigenvalue weighted by Gasteiger charge is 2.12. The van der Waals surface area contributed by atoms with E-state index in [4.69, 9.17) is 10.2 Å². The van der Waals surface area contributed by atoms with Gasteiger partial charge in [-0.3, -0.25) is 9.59 Å². The van der Waals surface area contributed by atoms with Gasteiger partial charge in [0.05, 0.1) is 0 Å². The van der Waals surface area contributed by atoms with Crippen molar-refractivity contribution >= 4 is 57.1 Å². The molecule has 0 aromatic heterocycles. The number of hydrogen-bond acceptors (Lipinski definition) is 2. The number of carboxylic acid groups (broad SMARTS) is 2. The van der Waals surface area contributed by atoms with Gasteiger partial charge in [-0.15, -0.1) is 0 Å². The summed E-state index contributed by atoms with van der Waals surface area (Å²) in [4.78, 5) is 21.2. The Morgan fingerprint density at radius 2 is 0.605 bits per heavy atom. The van der Waals surface area contributed by atoms with Crippen molar-refractivity contribution in [1.29, 1.82) is 0 Å². The second-order valence-electron chi connectivity index (χ2n) is 11.0.